The number of nitrogens with one attached hydrogen (secondary N) is 1. The SMILES string of the molecule is CC(=O)N1CC=C2C(C#N)C(=N)C(C#N)(C#N)[C@@H](c3ccoc3)[C@@H]2C1. The molecule has 1 unspecified atom stereocenters. The molecule has 3 atom stereocenters. The van der Waals surface area contributed by atoms with Gasteiger partial charge in [0.2, 0.25) is 5.91 Å². The lowest BCUT2D eigenvalue weighted by atomic mass is 9.54. The maximum atomic E-state index is 11.8. The van der Waals surface area contributed by atoms with Crippen molar-refractivity contribution in [2.75, 3.05) is 13.1 Å². The van der Waals surface area contributed by atoms with E-state index in [1.807, 2.05) is 12.1 Å². The number of rotatable bonds is 1. The third-order valence-electron chi connectivity index (χ3n) is 5.14. The second-order valence-corrected chi connectivity index (χ2v) is 6.28. The van der Waals surface area contributed by atoms with Crippen LogP contribution in [0.15, 0.2) is 34.7 Å². The molecule has 7 nitrogen and oxygen atoms in total. The van der Waals surface area contributed by atoms with Crippen LogP contribution in [0.2, 0.25) is 0 Å². The summed E-state index contributed by atoms with van der Waals surface area (Å²) in [5, 5.41) is 37.6. The van der Waals surface area contributed by atoms with E-state index in [4.69, 9.17) is 9.83 Å². The van der Waals surface area contributed by atoms with E-state index in [-0.39, 0.29) is 11.6 Å². The Kier molecular flexibility index (Phi) is 3.91. The van der Waals surface area contributed by atoms with Gasteiger partial charge in [-0.3, -0.25) is 4.79 Å². The first-order valence-corrected chi connectivity index (χ1v) is 7.78. The summed E-state index contributed by atoms with van der Waals surface area (Å²) in [6.07, 6.45) is 4.69. The predicted octanol–water partition coefficient (Wildman–Crippen LogP) is 1.97. The van der Waals surface area contributed by atoms with Crippen molar-refractivity contribution in [3.8, 4) is 18.2 Å². The standard InChI is InChI=1S/C18H15N5O2/c1-11(24)23-4-2-13-14(6-19)17(22)18(9-20,10-21)16(15(13)7-23)12-3-5-25-8-12/h2-3,5,8,14-16,22H,4,7H2,1H3/t14?,15-,16+/m1/s1. The molecule has 25 heavy (non-hydrogen) atoms. The summed E-state index contributed by atoms with van der Waals surface area (Å²) in [5.74, 6) is -2.11. The van der Waals surface area contributed by atoms with E-state index in [0.717, 1.165) is 0 Å². The molecule has 3 rings (SSSR count). The smallest absolute Gasteiger partial charge is 0.219 e. The van der Waals surface area contributed by atoms with Crippen molar-refractivity contribution >= 4 is 11.6 Å². The Balaban J connectivity index is 2.23. The second-order valence-electron chi connectivity index (χ2n) is 6.28. The van der Waals surface area contributed by atoms with E-state index >= 15 is 0 Å². The van der Waals surface area contributed by atoms with E-state index in [1.165, 1.54) is 19.5 Å². The molecule has 7 heteroatoms. The van der Waals surface area contributed by atoms with Crippen LogP contribution in [0.3, 0.4) is 0 Å². The monoisotopic (exact) mass is 333 g/mol. The number of carbonyl (C=O) groups is 1. The zero-order chi connectivity index (χ0) is 18.2. The van der Waals surface area contributed by atoms with Crippen LogP contribution in [-0.2, 0) is 4.79 Å². The molecule has 1 amide bonds. The molecule has 1 aromatic rings. The van der Waals surface area contributed by atoms with Crippen LogP contribution >= 0.6 is 0 Å². The van der Waals surface area contributed by atoms with Gasteiger partial charge < -0.3 is 14.7 Å². The van der Waals surface area contributed by atoms with Crippen LogP contribution in [0.5, 0.6) is 0 Å². The van der Waals surface area contributed by atoms with Gasteiger partial charge in [0.05, 0.1) is 36.4 Å². The predicted molar refractivity (Wildman–Crippen MR) is 85.8 cm³/mol. The first kappa shape index (κ1) is 16.5. The first-order chi connectivity index (χ1) is 12.0. The van der Waals surface area contributed by atoms with E-state index in [9.17, 15) is 20.6 Å². The Morgan fingerprint density at radius 3 is 2.64 bits per heavy atom. The Bertz CT molecular complexity index is 864. The average Bonchev–Trinajstić information content (AvgIpc) is 3.14. The highest BCUT2D eigenvalue weighted by atomic mass is 16.3. The van der Waals surface area contributed by atoms with E-state index in [0.29, 0.717) is 24.2 Å². The third kappa shape index (κ3) is 2.23. The fourth-order valence-electron chi connectivity index (χ4n) is 3.89. The van der Waals surface area contributed by atoms with Gasteiger partial charge in [0, 0.05) is 31.8 Å². The van der Waals surface area contributed by atoms with Gasteiger partial charge in [-0.05, 0) is 17.2 Å². The van der Waals surface area contributed by atoms with E-state index in [1.54, 1.807) is 17.0 Å². The van der Waals surface area contributed by atoms with Gasteiger partial charge in [0.25, 0.3) is 0 Å². The summed E-state index contributed by atoms with van der Waals surface area (Å²) in [5.41, 5.74) is -0.653. The van der Waals surface area contributed by atoms with Crippen molar-refractivity contribution in [3.05, 3.63) is 35.8 Å². The third-order valence-corrected chi connectivity index (χ3v) is 5.14. The molecule has 124 valence electrons. The summed E-state index contributed by atoms with van der Waals surface area (Å²) in [6, 6.07) is 7.70. The highest BCUT2D eigenvalue weighted by Crippen LogP contribution is 2.53. The van der Waals surface area contributed by atoms with Gasteiger partial charge in [-0.15, -0.1) is 0 Å². The highest BCUT2D eigenvalue weighted by Gasteiger charge is 2.58. The number of amides is 1. The van der Waals surface area contributed by atoms with Crippen LogP contribution in [0, 0.1) is 56.7 Å². The number of nitriles is 3. The van der Waals surface area contributed by atoms with Crippen molar-refractivity contribution in [1.29, 1.82) is 21.2 Å². The summed E-state index contributed by atoms with van der Waals surface area (Å²) in [4.78, 5) is 13.4. The lowest BCUT2D eigenvalue weighted by Gasteiger charge is -2.47. The van der Waals surface area contributed by atoms with Crippen molar-refractivity contribution in [1.82, 2.24) is 4.90 Å². The Morgan fingerprint density at radius 2 is 2.12 bits per heavy atom. The van der Waals surface area contributed by atoms with Crippen LogP contribution in [0.1, 0.15) is 18.4 Å². The van der Waals surface area contributed by atoms with Crippen molar-refractivity contribution in [3.63, 3.8) is 0 Å². The van der Waals surface area contributed by atoms with Crippen LogP contribution in [0.25, 0.3) is 0 Å². The number of carbonyl (C=O) groups excluding carboxylic acids is 1. The molecule has 1 aliphatic heterocycles. The maximum Gasteiger partial charge on any atom is 0.219 e. The van der Waals surface area contributed by atoms with Crippen molar-refractivity contribution in [2.45, 2.75) is 12.8 Å². The zero-order valence-electron chi connectivity index (χ0n) is 13.6. The number of furan rings is 1. The zero-order valence-corrected chi connectivity index (χ0v) is 13.6. The lowest BCUT2D eigenvalue weighted by molar-refractivity contribution is -0.129. The molecule has 1 saturated carbocycles. The second kappa shape index (κ2) is 5.92. The molecular formula is C18H15N5O2. The van der Waals surface area contributed by atoms with Gasteiger partial charge in [-0.1, -0.05) is 6.08 Å². The molecule has 0 bridgehead atoms. The number of hydrogen-bond donors (Lipinski definition) is 1. The molecule has 0 saturated heterocycles. The van der Waals surface area contributed by atoms with Crippen LogP contribution in [-0.4, -0.2) is 29.6 Å². The topological polar surface area (TPSA) is 129 Å². The summed E-state index contributed by atoms with van der Waals surface area (Å²) < 4.78 is 5.14. The number of nitrogens with zero attached hydrogens (tertiary/aromatic N) is 4. The average molecular weight is 333 g/mol. The molecule has 2 heterocycles. The fraction of sp³-hybridized carbons (Fsp3) is 0.389. The van der Waals surface area contributed by atoms with Crippen molar-refractivity contribution in [2.24, 2.45) is 17.3 Å². The summed E-state index contributed by atoms with van der Waals surface area (Å²) in [6.45, 7) is 2.12. The molecule has 1 aliphatic carbocycles. The minimum atomic E-state index is -1.77. The largest absolute Gasteiger partial charge is 0.472 e. The van der Waals surface area contributed by atoms with Gasteiger partial charge >= 0.3 is 0 Å². The normalized spacial score (nSPS) is 27.3. The van der Waals surface area contributed by atoms with Crippen LogP contribution < -0.4 is 0 Å². The van der Waals surface area contributed by atoms with Gasteiger partial charge in [-0.2, -0.15) is 15.8 Å². The highest BCUT2D eigenvalue weighted by molar-refractivity contribution is 6.00. The molecule has 2 aliphatic rings. The molecule has 1 fully saturated rings. The quantitative estimate of drug-likeness (QED) is 0.785. The lowest BCUT2D eigenvalue weighted by Crippen LogP contribution is -2.53. The number of hydrogen-bond acceptors (Lipinski definition) is 6. The van der Waals surface area contributed by atoms with E-state index in [2.05, 4.69) is 6.07 Å². The van der Waals surface area contributed by atoms with Gasteiger partial charge in [0.1, 0.15) is 5.92 Å². The minimum Gasteiger partial charge on any atom is -0.472 e. The maximum absolute atomic E-state index is 11.8. The Labute approximate surface area is 144 Å². The number of fused-ring (bicyclic) bond motifs is 1. The molecule has 0 radical (unpaired) electrons. The van der Waals surface area contributed by atoms with Crippen LogP contribution in [0.4, 0.5) is 0 Å². The van der Waals surface area contributed by atoms with Crippen molar-refractivity contribution < 1.29 is 9.21 Å². The molecule has 0 aromatic carbocycles. The fourth-order valence-corrected chi connectivity index (χ4v) is 3.89. The van der Waals surface area contributed by atoms with Gasteiger partial charge in [-0.25, -0.2) is 0 Å². The van der Waals surface area contributed by atoms with E-state index < -0.39 is 23.2 Å². The molecule has 1 aromatic heterocycles. The summed E-state index contributed by atoms with van der Waals surface area (Å²) >= 11 is 0. The molecule has 1 N–H and O–H groups in total. The van der Waals surface area contributed by atoms with Gasteiger partial charge in [0.15, 0.2) is 5.41 Å². The first-order valence-electron chi connectivity index (χ1n) is 7.78. The Hall–Kier alpha value is -3.37. The Morgan fingerprint density at radius 1 is 1.40 bits per heavy atom. The molecule has 0 spiro atoms. The summed E-state index contributed by atoms with van der Waals surface area (Å²) in [7, 11) is 0. The minimum absolute atomic E-state index is 0.116. The molecular weight excluding hydrogens is 318 g/mol.